The molecule has 0 aliphatic carbocycles. The Labute approximate surface area is 266 Å². The Morgan fingerprint density at radius 1 is 0.894 bits per heavy atom. The molecule has 0 unspecified atom stereocenters. The summed E-state index contributed by atoms with van der Waals surface area (Å²) in [5.41, 5.74) is 4.80. The van der Waals surface area contributed by atoms with Gasteiger partial charge in [0.1, 0.15) is 5.75 Å². The summed E-state index contributed by atoms with van der Waals surface area (Å²) < 4.78 is 12.9. The highest BCUT2D eigenvalue weighted by Gasteiger charge is 2.20. The van der Waals surface area contributed by atoms with Gasteiger partial charge in [0.25, 0.3) is 6.01 Å². The van der Waals surface area contributed by atoms with Gasteiger partial charge in [0, 0.05) is 5.56 Å². The summed E-state index contributed by atoms with van der Waals surface area (Å²) in [6, 6.07) is 26.6. The molecular weight excluding hydrogens is 610 g/mol. The van der Waals surface area contributed by atoms with Gasteiger partial charge in [0.2, 0.25) is 5.82 Å². The molecule has 0 amide bonds. The van der Waals surface area contributed by atoms with Crippen molar-refractivity contribution in [1.29, 1.82) is 0 Å². The maximum Gasteiger partial charge on any atom is 0.459 e. The third-order valence-corrected chi connectivity index (χ3v) is 7.04. The van der Waals surface area contributed by atoms with Crippen molar-refractivity contribution in [3.05, 3.63) is 108 Å². The zero-order chi connectivity index (χ0) is 32.9. The third-order valence-electron chi connectivity index (χ3n) is 7.04. The Morgan fingerprint density at radius 2 is 1.66 bits per heavy atom. The Bertz CT molecular complexity index is 2060. The van der Waals surface area contributed by atoms with Gasteiger partial charge >= 0.3 is 12.1 Å². The number of carbonyl (C=O) groups is 2. The summed E-state index contributed by atoms with van der Waals surface area (Å²) in [5.74, 6) is -0.694. The van der Waals surface area contributed by atoms with Gasteiger partial charge in [-0.1, -0.05) is 71.5 Å². The molecule has 0 atom stereocenters. The number of rotatable bonds is 11. The first-order chi connectivity index (χ1) is 22.8. The lowest BCUT2D eigenvalue weighted by atomic mass is 9.98. The van der Waals surface area contributed by atoms with E-state index in [2.05, 4.69) is 25.2 Å². The molecule has 0 saturated carbocycles. The first-order valence-electron chi connectivity index (χ1n) is 14.3. The number of imidazole rings is 1. The van der Waals surface area contributed by atoms with Gasteiger partial charge in [-0.3, -0.25) is 15.0 Å². The fraction of sp³-hybridized carbons (Fsp3) is 0.125. The summed E-state index contributed by atoms with van der Waals surface area (Å²) in [6.07, 6.45) is -0.904. The molecule has 0 aliphatic rings. The number of carbonyl (C=O) groups excluding carboxylic acids is 1. The molecule has 0 radical (unpaired) electrons. The summed E-state index contributed by atoms with van der Waals surface area (Å²) in [4.78, 5) is 34.6. The smallest absolute Gasteiger partial charge is 0.459 e. The fourth-order valence-corrected chi connectivity index (χ4v) is 5.00. The number of carboxylic acids is 1. The van der Waals surface area contributed by atoms with Crippen LogP contribution in [0.4, 0.5) is 4.79 Å². The Balaban J connectivity index is 1.22. The Morgan fingerprint density at radius 3 is 2.40 bits per heavy atom. The summed E-state index contributed by atoms with van der Waals surface area (Å²) in [5, 5.41) is 39.0. The Hall–Kier alpha value is -6.00. The predicted octanol–water partition coefficient (Wildman–Crippen LogP) is 5.06. The summed E-state index contributed by atoms with van der Waals surface area (Å²) in [7, 11) is 0. The van der Waals surface area contributed by atoms with Crippen LogP contribution in [-0.2, 0) is 18.0 Å². The number of aromatic nitrogens is 6. The van der Waals surface area contributed by atoms with Crippen LogP contribution in [0.25, 0.3) is 33.5 Å². The second-order valence-corrected chi connectivity index (χ2v) is 10.1. The topological polar surface area (TPSA) is 187 Å². The lowest BCUT2D eigenvalue weighted by Crippen LogP contribution is -2.20. The van der Waals surface area contributed by atoms with Crippen LogP contribution >= 0.6 is 0 Å². The van der Waals surface area contributed by atoms with Crippen LogP contribution in [-0.4, -0.2) is 69.3 Å². The van der Waals surface area contributed by atoms with Crippen molar-refractivity contribution < 1.29 is 39.4 Å². The highest BCUT2D eigenvalue weighted by Crippen LogP contribution is 2.31. The predicted molar refractivity (Wildman–Crippen MR) is 164 cm³/mol. The van der Waals surface area contributed by atoms with Gasteiger partial charge in [-0.15, -0.1) is 10.2 Å². The summed E-state index contributed by atoms with van der Waals surface area (Å²) >= 11 is 0. The molecule has 2 heterocycles. The number of ether oxygens (including phenoxy) is 2. The van der Waals surface area contributed by atoms with Crippen molar-refractivity contribution in [2.75, 3.05) is 6.61 Å². The van der Waals surface area contributed by atoms with Crippen molar-refractivity contribution in [2.45, 2.75) is 20.1 Å². The van der Waals surface area contributed by atoms with E-state index in [1.54, 1.807) is 34.9 Å². The monoisotopic (exact) mass is 637 g/mol. The van der Waals surface area contributed by atoms with Crippen molar-refractivity contribution >= 4 is 23.1 Å². The van der Waals surface area contributed by atoms with Gasteiger partial charge in [-0.05, 0) is 58.7 Å². The molecule has 3 N–H and O–H groups in total. The van der Waals surface area contributed by atoms with E-state index in [-0.39, 0.29) is 23.7 Å². The van der Waals surface area contributed by atoms with E-state index in [1.807, 2.05) is 55.5 Å². The molecule has 0 fully saturated rings. The SMILES string of the molecule is CCOc1nc2cccc(C(=O)O)c2n1Cc1ccc(-c2ccccc2-c2nnn(C(=O)Oc3cccc(CON(O)O)c3)n2)cc1. The van der Waals surface area contributed by atoms with E-state index < -0.39 is 17.5 Å². The number of para-hydroxylation sites is 1. The maximum atomic E-state index is 12.8. The van der Waals surface area contributed by atoms with Crippen LogP contribution < -0.4 is 9.47 Å². The molecule has 0 spiro atoms. The summed E-state index contributed by atoms with van der Waals surface area (Å²) in [6.45, 7) is 2.36. The molecule has 238 valence electrons. The molecule has 15 heteroatoms. The van der Waals surface area contributed by atoms with Crippen LogP contribution in [0.5, 0.6) is 11.8 Å². The largest absolute Gasteiger partial charge is 0.478 e. The van der Waals surface area contributed by atoms with Crippen molar-refractivity contribution in [3.63, 3.8) is 0 Å². The molecule has 6 aromatic rings. The van der Waals surface area contributed by atoms with Gasteiger partial charge < -0.3 is 14.6 Å². The van der Waals surface area contributed by atoms with E-state index in [0.717, 1.165) is 21.5 Å². The molecule has 47 heavy (non-hydrogen) atoms. The lowest BCUT2D eigenvalue weighted by molar-refractivity contribution is -0.497. The Kier molecular flexibility index (Phi) is 8.94. The first kappa shape index (κ1) is 31.0. The number of hydrogen-bond donors (Lipinski definition) is 3. The number of tetrazole rings is 1. The van der Waals surface area contributed by atoms with Crippen molar-refractivity contribution in [1.82, 2.24) is 35.1 Å². The van der Waals surface area contributed by atoms with Gasteiger partial charge in [0.05, 0.1) is 41.7 Å². The first-order valence-corrected chi connectivity index (χ1v) is 14.3. The minimum atomic E-state index is -1.05. The van der Waals surface area contributed by atoms with Gasteiger partial charge in [-0.25, -0.2) is 14.4 Å². The molecule has 2 aromatic heterocycles. The van der Waals surface area contributed by atoms with E-state index >= 15 is 0 Å². The second-order valence-electron chi connectivity index (χ2n) is 10.1. The molecule has 4 aromatic carbocycles. The van der Waals surface area contributed by atoms with Gasteiger partial charge in [0.15, 0.2) is 0 Å². The van der Waals surface area contributed by atoms with Crippen LogP contribution in [0, 0.1) is 0 Å². The number of aromatic carboxylic acids is 1. The van der Waals surface area contributed by atoms with E-state index in [1.165, 1.54) is 12.1 Å². The molecule has 15 nitrogen and oxygen atoms in total. The second kappa shape index (κ2) is 13.6. The average molecular weight is 638 g/mol. The van der Waals surface area contributed by atoms with E-state index in [4.69, 9.17) is 19.9 Å². The number of benzene rings is 4. The average Bonchev–Trinajstić information content (AvgIpc) is 3.70. The quantitative estimate of drug-likeness (QED) is 0.160. The molecule has 0 saturated heterocycles. The molecular formula is C32H27N7O8. The minimum absolute atomic E-state index is 0.135. The van der Waals surface area contributed by atoms with Crippen molar-refractivity contribution in [2.24, 2.45) is 0 Å². The highest BCUT2D eigenvalue weighted by atomic mass is 17.1. The zero-order valence-corrected chi connectivity index (χ0v) is 24.8. The lowest BCUT2D eigenvalue weighted by Gasteiger charge is -2.12. The number of fused-ring (bicyclic) bond motifs is 1. The van der Waals surface area contributed by atoms with Gasteiger partial charge in [-0.2, -0.15) is 4.98 Å². The number of nitrogens with zero attached hydrogens (tertiary/aromatic N) is 7. The number of hydrogen-bond acceptors (Lipinski definition) is 12. The molecule has 6 rings (SSSR count). The highest BCUT2D eigenvalue weighted by molar-refractivity contribution is 6.01. The zero-order valence-electron chi connectivity index (χ0n) is 24.8. The normalized spacial score (nSPS) is 11.2. The van der Waals surface area contributed by atoms with Crippen molar-refractivity contribution in [3.8, 4) is 34.3 Å². The van der Waals surface area contributed by atoms with E-state index in [0.29, 0.717) is 41.3 Å². The standard InChI is InChI=1S/C32H27N7O8/c1-2-45-31-33-27-12-6-11-26(30(40)41)28(27)37(31)18-20-13-15-22(16-14-20)24-9-3-4-10-25(24)29-34-36-38(35-29)32(42)47-23-8-5-7-21(17-23)19-46-39(43)44/h3-17,43-44H,2,18-19H2,1H3,(H,40,41). The van der Waals surface area contributed by atoms with Crippen LogP contribution in [0.2, 0.25) is 0 Å². The third kappa shape index (κ3) is 6.82. The minimum Gasteiger partial charge on any atom is -0.478 e. The molecule has 0 aliphatic heterocycles. The van der Waals surface area contributed by atoms with Crippen LogP contribution in [0.3, 0.4) is 0 Å². The molecule has 0 bridgehead atoms. The number of carboxylic acid groups (broad SMARTS) is 1. The van der Waals surface area contributed by atoms with Crippen LogP contribution in [0.15, 0.2) is 91.0 Å². The van der Waals surface area contributed by atoms with Crippen LogP contribution in [0.1, 0.15) is 28.4 Å². The maximum absolute atomic E-state index is 12.8. The fourth-order valence-electron chi connectivity index (χ4n) is 5.00. The van der Waals surface area contributed by atoms with E-state index in [9.17, 15) is 14.7 Å².